The second-order valence-corrected chi connectivity index (χ2v) is 5.04. The zero-order chi connectivity index (χ0) is 16.1. The van der Waals surface area contributed by atoms with Gasteiger partial charge in [0.05, 0.1) is 17.7 Å². The Labute approximate surface area is 128 Å². The maximum atomic E-state index is 12.1. The molecule has 7 nitrogen and oxygen atoms in total. The van der Waals surface area contributed by atoms with Gasteiger partial charge in [-0.3, -0.25) is 14.5 Å². The van der Waals surface area contributed by atoms with Crippen molar-refractivity contribution in [3.05, 3.63) is 35.4 Å². The van der Waals surface area contributed by atoms with Crippen molar-refractivity contribution in [3.8, 4) is 0 Å². The van der Waals surface area contributed by atoms with E-state index in [1.807, 2.05) is 0 Å². The summed E-state index contributed by atoms with van der Waals surface area (Å²) in [5, 5.41) is 11.4. The molecule has 0 atom stereocenters. The monoisotopic (exact) mass is 305 g/mol. The van der Waals surface area contributed by atoms with Gasteiger partial charge >= 0.3 is 6.03 Å². The molecule has 1 aromatic carbocycles. The summed E-state index contributed by atoms with van der Waals surface area (Å²) in [4.78, 5) is 38.4. The number of rotatable bonds is 6. The van der Waals surface area contributed by atoms with Crippen molar-refractivity contribution in [2.45, 2.75) is 6.42 Å². The summed E-state index contributed by atoms with van der Waals surface area (Å²) in [6.45, 7) is 0.765. The summed E-state index contributed by atoms with van der Waals surface area (Å²) in [5.41, 5.74) is 0.860. The van der Waals surface area contributed by atoms with E-state index in [1.54, 1.807) is 31.3 Å². The first-order valence-corrected chi connectivity index (χ1v) is 7.11. The molecule has 0 aromatic heterocycles. The van der Waals surface area contributed by atoms with Gasteiger partial charge in [0.1, 0.15) is 0 Å². The third-order valence-corrected chi connectivity index (χ3v) is 3.50. The molecule has 0 spiro atoms. The summed E-state index contributed by atoms with van der Waals surface area (Å²) in [5.74, 6) is -0.575. The van der Waals surface area contributed by atoms with Gasteiger partial charge in [-0.2, -0.15) is 0 Å². The minimum absolute atomic E-state index is 0.0983. The number of fused-ring (bicyclic) bond motifs is 1. The van der Waals surface area contributed by atoms with Crippen LogP contribution in [0.25, 0.3) is 0 Å². The fourth-order valence-electron chi connectivity index (χ4n) is 2.26. The van der Waals surface area contributed by atoms with Crippen molar-refractivity contribution in [2.24, 2.45) is 0 Å². The van der Waals surface area contributed by atoms with Crippen molar-refractivity contribution in [2.75, 3.05) is 33.3 Å². The number of carbonyl (C=O) groups excluding carboxylic acids is 3. The molecular weight excluding hydrogens is 286 g/mol. The number of carbonyl (C=O) groups is 3. The number of nitrogens with zero attached hydrogens (tertiary/aromatic N) is 2. The number of imide groups is 1. The van der Waals surface area contributed by atoms with Crippen LogP contribution >= 0.6 is 0 Å². The third kappa shape index (κ3) is 3.25. The highest BCUT2D eigenvalue weighted by molar-refractivity contribution is 6.21. The molecule has 0 bridgehead atoms. The van der Waals surface area contributed by atoms with Crippen LogP contribution in [0.5, 0.6) is 0 Å². The number of benzene rings is 1. The van der Waals surface area contributed by atoms with Crippen LogP contribution in [0.4, 0.5) is 4.79 Å². The molecule has 1 aliphatic heterocycles. The largest absolute Gasteiger partial charge is 0.395 e. The number of urea groups is 1. The molecule has 0 saturated heterocycles. The Morgan fingerprint density at radius 1 is 1.23 bits per heavy atom. The Bertz CT molecular complexity index is 553. The van der Waals surface area contributed by atoms with Crippen LogP contribution in [0.2, 0.25) is 0 Å². The quantitative estimate of drug-likeness (QED) is 0.584. The Morgan fingerprint density at radius 3 is 2.36 bits per heavy atom. The topological polar surface area (TPSA) is 89.9 Å². The number of aliphatic hydroxyl groups is 1. The van der Waals surface area contributed by atoms with Gasteiger partial charge in [0.25, 0.3) is 11.8 Å². The fraction of sp³-hybridized carbons (Fsp3) is 0.400. The van der Waals surface area contributed by atoms with Crippen LogP contribution in [0.3, 0.4) is 0 Å². The zero-order valence-corrected chi connectivity index (χ0v) is 12.4. The van der Waals surface area contributed by atoms with Gasteiger partial charge in [0.15, 0.2) is 0 Å². The van der Waals surface area contributed by atoms with Crippen LogP contribution in [0.15, 0.2) is 24.3 Å². The average Bonchev–Trinajstić information content (AvgIpc) is 2.76. The highest BCUT2D eigenvalue weighted by Gasteiger charge is 2.34. The van der Waals surface area contributed by atoms with Crippen molar-refractivity contribution < 1.29 is 19.5 Å². The summed E-state index contributed by atoms with van der Waals surface area (Å²) in [6.07, 6.45) is 0.476. The Morgan fingerprint density at radius 2 is 1.82 bits per heavy atom. The maximum Gasteiger partial charge on any atom is 0.317 e. The Hall–Kier alpha value is -2.41. The van der Waals surface area contributed by atoms with E-state index in [0.717, 1.165) is 0 Å². The molecule has 0 aliphatic carbocycles. The smallest absolute Gasteiger partial charge is 0.317 e. The lowest BCUT2D eigenvalue weighted by Gasteiger charge is -2.17. The molecule has 2 N–H and O–H groups in total. The van der Waals surface area contributed by atoms with E-state index in [4.69, 9.17) is 5.11 Å². The van der Waals surface area contributed by atoms with Crippen LogP contribution in [0.1, 0.15) is 27.1 Å². The molecular formula is C15H19N3O4. The number of likely N-dealkylation sites (N-methyl/N-ethyl adjacent to an activating group) is 1. The number of nitrogens with one attached hydrogen (secondary N) is 1. The lowest BCUT2D eigenvalue weighted by molar-refractivity contribution is 0.0653. The number of amides is 4. The van der Waals surface area contributed by atoms with Gasteiger partial charge in [-0.1, -0.05) is 12.1 Å². The van der Waals surface area contributed by atoms with Crippen molar-refractivity contribution in [3.63, 3.8) is 0 Å². The van der Waals surface area contributed by atoms with Crippen LogP contribution in [-0.2, 0) is 0 Å². The number of hydrogen-bond acceptors (Lipinski definition) is 4. The van der Waals surface area contributed by atoms with E-state index in [9.17, 15) is 14.4 Å². The molecule has 118 valence electrons. The number of aliphatic hydroxyl groups excluding tert-OH is 1. The normalized spacial score (nSPS) is 13.3. The van der Waals surface area contributed by atoms with Crippen molar-refractivity contribution in [1.29, 1.82) is 0 Å². The molecule has 0 radical (unpaired) electrons. The molecule has 0 saturated carbocycles. The molecule has 1 heterocycles. The van der Waals surface area contributed by atoms with E-state index in [-0.39, 0.29) is 37.5 Å². The lowest BCUT2D eigenvalue weighted by Crippen LogP contribution is -2.40. The standard InChI is InChI=1S/C15H19N3O4/c1-17(9-10-19)15(22)16-7-4-8-18-13(20)11-5-2-3-6-12(11)14(18)21/h2-3,5-6,19H,4,7-10H2,1H3,(H,16,22). The van der Waals surface area contributed by atoms with Crippen LogP contribution in [0, 0.1) is 0 Å². The van der Waals surface area contributed by atoms with E-state index < -0.39 is 0 Å². The van der Waals surface area contributed by atoms with Gasteiger partial charge < -0.3 is 15.3 Å². The van der Waals surface area contributed by atoms with E-state index in [1.165, 1.54) is 9.80 Å². The zero-order valence-electron chi connectivity index (χ0n) is 12.4. The minimum atomic E-state index is -0.295. The Kier molecular flexibility index (Phi) is 5.11. The summed E-state index contributed by atoms with van der Waals surface area (Å²) >= 11 is 0. The average molecular weight is 305 g/mol. The van der Waals surface area contributed by atoms with E-state index in [0.29, 0.717) is 24.1 Å². The second-order valence-electron chi connectivity index (χ2n) is 5.04. The first kappa shape index (κ1) is 16.0. The lowest BCUT2D eigenvalue weighted by atomic mass is 10.1. The predicted molar refractivity (Wildman–Crippen MR) is 79.5 cm³/mol. The molecule has 2 rings (SSSR count). The van der Waals surface area contributed by atoms with E-state index in [2.05, 4.69) is 5.32 Å². The van der Waals surface area contributed by atoms with Gasteiger partial charge in [-0.05, 0) is 18.6 Å². The number of hydrogen-bond donors (Lipinski definition) is 2. The molecule has 0 fully saturated rings. The summed E-state index contributed by atoms with van der Waals surface area (Å²) in [6, 6.07) is 6.44. The fourth-order valence-corrected chi connectivity index (χ4v) is 2.26. The second kappa shape index (κ2) is 7.04. The first-order chi connectivity index (χ1) is 10.6. The Balaban J connectivity index is 1.81. The predicted octanol–water partition coefficient (Wildman–Crippen LogP) is 0.306. The van der Waals surface area contributed by atoms with Crippen LogP contribution < -0.4 is 5.32 Å². The van der Waals surface area contributed by atoms with Gasteiger partial charge in [-0.15, -0.1) is 0 Å². The SMILES string of the molecule is CN(CCO)C(=O)NCCCN1C(=O)c2ccccc2C1=O. The van der Waals surface area contributed by atoms with Gasteiger partial charge in [0.2, 0.25) is 0 Å². The van der Waals surface area contributed by atoms with Crippen molar-refractivity contribution in [1.82, 2.24) is 15.1 Å². The molecule has 1 aromatic rings. The summed E-state index contributed by atoms with van der Waals surface area (Å²) in [7, 11) is 1.58. The first-order valence-electron chi connectivity index (χ1n) is 7.11. The minimum Gasteiger partial charge on any atom is -0.395 e. The highest BCUT2D eigenvalue weighted by Crippen LogP contribution is 2.22. The van der Waals surface area contributed by atoms with E-state index >= 15 is 0 Å². The molecule has 4 amide bonds. The molecule has 22 heavy (non-hydrogen) atoms. The molecule has 7 heteroatoms. The van der Waals surface area contributed by atoms with Crippen molar-refractivity contribution >= 4 is 17.8 Å². The molecule has 0 unspecified atom stereocenters. The van der Waals surface area contributed by atoms with Gasteiger partial charge in [-0.25, -0.2) is 4.79 Å². The van der Waals surface area contributed by atoms with Gasteiger partial charge in [0, 0.05) is 26.7 Å². The maximum absolute atomic E-state index is 12.1. The summed E-state index contributed by atoms with van der Waals surface area (Å²) < 4.78 is 0. The third-order valence-electron chi connectivity index (χ3n) is 3.50. The molecule has 1 aliphatic rings. The highest BCUT2D eigenvalue weighted by atomic mass is 16.3. The van der Waals surface area contributed by atoms with Crippen LogP contribution in [-0.4, -0.2) is 66.0 Å².